The molecule has 0 spiro atoms. The normalized spacial score (nSPS) is 16.7. The van der Waals surface area contributed by atoms with Gasteiger partial charge in [-0.3, -0.25) is 0 Å². The van der Waals surface area contributed by atoms with Gasteiger partial charge in [0.1, 0.15) is 5.60 Å². The molecule has 7 nitrogen and oxygen atoms in total. The van der Waals surface area contributed by atoms with Crippen LogP contribution in [0.5, 0.6) is 11.5 Å². The van der Waals surface area contributed by atoms with Gasteiger partial charge in [-0.15, -0.1) is 0 Å². The predicted molar refractivity (Wildman–Crippen MR) is 172 cm³/mol. The summed E-state index contributed by atoms with van der Waals surface area (Å²) >= 11 is 6.28. The van der Waals surface area contributed by atoms with Crippen LogP contribution in [0, 0.1) is 11.8 Å². The van der Waals surface area contributed by atoms with Crippen LogP contribution in [0.2, 0.25) is 5.02 Å². The maximum atomic E-state index is 13.2. The molecule has 1 saturated heterocycles. The van der Waals surface area contributed by atoms with Crippen molar-refractivity contribution in [1.82, 2.24) is 4.90 Å². The van der Waals surface area contributed by atoms with Gasteiger partial charge in [-0.1, -0.05) is 48.0 Å². The molecule has 0 N–H and O–H groups in total. The third-order valence-corrected chi connectivity index (χ3v) is 7.82. The number of rotatable bonds is 13. The van der Waals surface area contributed by atoms with Crippen LogP contribution in [-0.4, -0.2) is 63.7 Å². The van der Waals surface area contributed by atoms with E-state index in [1.54, 1.807) is 14.2 Å². The molecule has 3 aromatic rings. The average Bonchev–Trinajstić information content (AvgIpc) is 3.37. The molecule has 0 unspecified atom stereocenters. The highest BCUT2D eigenvalue weighted by Gasteiger charge is 2.38. The van der Waals surface area contributed by atoms with Gasteiger partial charge in [-0.05, 0) is 86.6 Å². The highest BCUT2D eigenvalue weighted by atomic mass is 35.5. The summed E-state index contributed by atoms with van der Waals surface area (Å²) in [5.41, 5.74) is 2.89. The fourth-order valence-corrected chi connectivity index (χ4v) is 5.63. The van der Waals surface area contributed by atoms with E-state index in [1.165, 1.54) is 5.56 Å². The predicted octanol–water partition coefficient (Wildman–Crippen LogP) is 7.50. The van der Waals surface area contributed by atoms with Crippen molar-refractivity contribution in [3.8, 4) is 11.5 Å². The number of hydrogen-bond donors (Lipinski definition) is 0. The Kier molecular flexibility index (Phi) is 11.6. The molecular weight excluding hydrogens is 564 g/mol. The molecule has 2 atom stereocenters. The van der Waals surface area contributed by atoms with Crippen LogP contribution >= 0.6 is 11.6 Å². The zero-order chi connectivity index (χ0) is 30.8. The molecule has 8 heteroatoms. The Bertz CT molecular complexity index is 1300. The summed E-state index contributed by atoms with van der Waals surface area (Å²) in [7, 11) is 3.34. The molecule has 0 radical (unpaired) electrons. The first kappa shape index (κ1) is 32.5. The van der Waals surface area contributed by atoms with Crippen molar-refractivity contribution in [3.05, 3.63) is 88.9 Å². The van der Waals surface area contributed by atoms with Gasteiger partial charge in [0.25, 0.3) is 0 Å². The lowest BCUT2D eigenvalue weighted by Gasteiger charge is -2.30. The van der Waals surface area contributed by atoms with E-state index in [-0.39, 0.29) is 17.9 Å². The number of carbonyl (C=O) groups excluding carboxylic acids is 1. The van der Waals surface area contributed by atoms with E-state index in [2.05, 4.69) is 53.4 Å². The van der Waals surface area contributed by atoms with Crippen LogP contribution in [0.4, 0.5) is 10.5 Å². The minimum Gasteiger partial charge on any atom is -0.493 e. The van der Waals surface area contributed by atoms with Crippen LogP contribution in [0.1, 0.15) is 38.3 Å². The van der Waals surface area contributed by atoms with Crippen molar-refractivity contribution in [3.63, 3.8) is 0 Å². The van der Waals surface area contributed by atoms with E-state index < -0.39 is 5.60 Å². The number of likely N-dealkylation sites (tertiary alicyclic amines) is 1. The van der Waals surface area contributed by atoms with Gasteiger partial charge in [0.2, 0.25) is 0 Å². The first-order valence-electron chi connectivity index (χ1n) is 15.0. The Morgan fingerprint density at radius 3 is 2.30 bits per heavy atom. The number of ether oxygens (including phenoxy) is 4. The smallest absolute Gasteiger partial charge is 0.410 e. The molecule has 0 saturated carbocycles. The molecule has 232 valence electrons. The third kappa shape index (κ3) is 9.80. The first-order valence-corrected chi connectivity index (χ1v) is 15.3. The van der Waals surface area contributed by atoms with Crippen LogP contribution in [0.3, 0.4) is 0 Å². The van der Waals surface area contributed by atoms with E-state index in [9.17, 15) is 4.79 Å². The highest BCUT2D eigenvalue weighted by Crippen LogP contribution is 2.33. The Morgan fingerprint density at radius 1 is 0.907 bits per heavy atom. The third-order valence-electron chi connectivity index (χ3n) is 7.57. The molecule has 1 heterocycles. The summed E-state index contributed by atoms with van der Waals surface area (Å²) in [5.74, 6) is 1.92. The SMILES string of the molecule is COCCCOc1cc(CN(C[C@@H]2CN(C(=O)OC(C)(C)C)C[C@H]2Cc2ccccc2)c2ccc(Cl)cc2)ccc1OC. The summed E-state index contributed by atoms with van der Waals surface area (Å²) in [6, 6.07) is 24.6. The molecule has 3 aromatic carbocycles. The molecule has 1 aliphatic heterocycles. The minimum absolute atomic E-state index is 0.228. The minimum atomic E-state index is -0.544. The van der Waals surface area contributed by atoms with E-state index in [0.29, 0.717) is 49.4 Å². The van der Waals surface area contributed by atoms with Crippen LogP contribution in [-0.2, 0) is 22.4 Å². The Labute approximate surface area is 261 Å². The summed E-state index contributed by atoms with van der Waals surface area (Å²) < 4.78 is 22.6. The molecule has 1 fully saturated rings. The molecular formula is C35H45ClN2O5. The molecule has 0 bridgehead atoms. The van der Waals surface area contributed by atoms with Gasteiger partial charge in [-0.25, -0.2) is 4.79 Å². The monoisotopic (exact) mass is 608 g/mol. The fourth-order valence-electron chi connectivity index (χ4n) is 5.50. The van der Waals surface area contributed by atoms with Crippen molar-refractivity contribution < 1.29 is 23.7 Å². The highest BCUT2D eigenvalue weighted by molar-refractivity contribution is 6.30. The number of methoxy groups -OCH3 is 2. The summed E-state index contributed by atoms with van der Waals surface area (Å²) in [4.78, 5) is 17.4. The van der Waals surface area contributed by atoms with Crippen molar-refractivity contribution in [2.24, 2.45) is 11.8 Å². The second-order valence-corrected chi connectivity index (χ2v) is 12.6. The first-order chi connectivity index (χ1) is 20.6. The Balaban J connectivity index is 1.59. The lowest BCUT2D eigenvalue weighted by Crippen LogP contribution is -2.36. The van der Waals surface area contributed by atoms with Crippen molar-refractivity contribution in [2.45, 2.75) is 45.8 Å². The number of benzene rings is 3. The zero-order valence-electron chi connectivity index (χ0n) is 26.1. The van der Waals surface area contributed by atoms with E-state index >= 15 is 0 Å². The number of anilines is 1. The van der Waals surface area contributed by atoms with Gasteiger partial charge in [0.05, 0.1) is 13.7 Å². The lowest BCUT2D eigenvalue weighted by atomic mass is 9.89. The van der Waals surface area contributed by atoms with Crippen LogP contribution in [0.15, 0.2) is 72.8 Å². The van der Waals surface area contributed by atoms with Crippen molar-refractivity contribution >= 4 is 23.4 Å². The van der Waals surface area contributed by atoms with Crippen molar-refractivity contribution in [1.29, 1.82) is 0 Å². The molecule has 0 aliphatic carbocycles. The second-order valence-electron chi connectivity index (χ2n) is 12.1. The maximum Gasteiger partial charge on any atom is 0.410 e. The fraction of sp³-hybridized carbons (Fsp3) is 0.457. The van der Waals surface area contributed by atoms with Gasteiger partial charge >= 0.3 is 6.09 Å². The van der Waals surface area contributed by atoms with Gasteiger partial charge in [0, 0.05) is 57.0 Å². The van der Waals surface area contributed by atoms with Gasteiger partial charge in [-0.2, -0.15) is 0 Å². The van der Waals surface area contributed by atoms with Gasteiger partial charge < -0.3 is 28.7 Å². The zero-order valence-corrected chi connectivity index (χ0v) is 26.8. The molecule has 43 heavy (non-hydrogen) atoms. The quantitative estimate of drug-likeness (QED) is 0.187. The van der Waals surface area contributed by atoms with E-state index in [4.69, 9.17) is 30.5 Å². The number of nitrogens with zero attached hydrogens (tertiary/aromatic N) is 2. The number of amides is 1. The Morgan fingerprint density at radius 2 is 1.63 bits per heavy atom. The maximum absolute atomic E-state index is 13.2. The van der Waals surface area contributed by atoms with Gasteiger partial charge in [0.15, 0.2) is 11.5 Å². The average molecular weight is 609 g/mol. The topological polar surface area (TPSA) is 60.5 Å². The van der Waals surface area contributed by atoms with E-state index in [0.717, 1.165) is 30.6 Å². The standard InChI is InChI=1S/C35H45ClN2O5/c1-35(2,3)43-34(39)38-23-28(20-26-10-7-6-8-11-26)29(25-38)24-37(31-15-13-30(36)14-16-31)22-27-12-17-32(41-5)33(21-27)42-19-9-18-40-4/h6-8,10-17,21,28-29H,9,18-20,22-25H2,1-5H3/t28-,29-/m1/s1. The number of carbonyl (C=O) groups is 1. The molecule has 4 rings (SSSR count). The second kappa shape index (κ2) is 15.3. The lowest BCUT2D eigenvalue weighted by molar-refractivity contribution is 0.0284. The summed E-state index contributed by atoms with van der Waals surface area (Å²) in [6.07, 6.45) is 1.43. The summed E-state index contributed by atoms with van der Waals surface area (Å²) in [5, 5.41) is 0.693. The largest absolute Gasteiger partial charge is 0.493 e. The van der Waals surface area contributed by atoms with Crippen molar-refractivity contribution in [2.75, 3.05) is 52.0 Å². The summed E-state index contributed by atoms with van der Waals surface area (Å²) in [6.45, 7) is 9.61. The number of hydrogen-bond acceptors (Lipinski definition) is 6. The Hall–Kier alpha value is -3.42. The molecule has 1 amide bonds. The number of halogens is 1. The van der Waals surface area contributed by atoms with E-state index in [1.807, 2.05) is 49.9 Å². The molecule has 0 aromatic heterocycles. The molecule has 1 aliphatic rings. The van der Waals surface area contributed by atoms with Crippen LogP contribution < -0.4 is 14.4 Å². The van der Waals surface area contributed by atoms with Crippen LogP contribution in [0.25, 0.3) is 0 Å².